The van der Waals surface area contributed by atoms with Gasteiger partial charge in [0.2, 0.25) is 10.0 Å². The molecule has 0 unspecified atom stereocenters. The second-order valence-corrected chi connectivity index (χ2v) is 12.5. The van der Waals surface area contributed by atoms with E-state index in [1.54, 1.807) is 11.3 Å². The van der Waals surface area contributed by atoms with Crippen molar-refractivity contribution in [2.45, 2.75) is 36.9 Å². The fourth-order valence-electron chi connectivity index (χ4n) is 4.53. The number of aliphatic hydroxyl groups is 1. The second-order valence-electron chi connectivity index (χ2n) is 9.57. The number of alkyl halides is 3. The first-order chi connectivity index (χ1) is 18.5. The third kappa shape index (κ3) is 8.35. The van der Waals surface area contributed by atoms with Gasteiger partial charge in [-0.2, -0.15) is 13.2 Å². The van der Waals surface area contributed by atoms with Crippen LogP contribution in [0, 0.1) is 6.92 Å². The number of fused-ring (bicyclic) bond motifs is 1. The van der Waals surface area contributed by atoms with Crippen LogP contribution >= 0.6 is 11.3 Å². The zero-order valence-corrected chi connectivity index (χ0v) is 23.3. The number of hydrogen-bond donors (Lipinski definition) is 2. The Balaban J connectivity index is 1.11. The summed E-state index contributed by atoms with van der Waals surface area (Å²) in [6, 6.07) is 9.93. The molecule has 1 atom stereocenters. The van der Waals surface area contributed by atoms with Gasteiger partial charge < -0.3 is 14.7 Å². The molecule has 1 aliphatic rings. The molecule has 0 radical (unpaired) electrons. The Morgan fingerprint density at radius 3 is 2.56 bits per heavy atom. The van der Waals surface area contributed by atoms with E-state index in [9.17, 15) is 26.7 Å². The Bertz CT molecular complexity index is 1340. The summed E-state index contributed by atoms with van der Waals surface area (Å²) in [5.74, 6) is 0.684. The molecule has 0 saturated carbocycles. The Morgan fingerprint density at radius 2 is 1.82 bits per heavy atom. The maximum atomic E-state index is 13.2. The molecule has 13 heteroatoms. The van der Waals surface area contributed by atoms with Gasteiger partial charge in [0.1, 0.15) is 18.5 Å². The quantitative estimate of drug-likeness (QED) is 0.312. The van der Waals surface area contributed by atoms with Crippen molar-refractivity contribution < 1.29 is 31.4 Å². The fourth-order valence-corrected chi connectivity index (χ4v) is 6.64. The number of nitrogens with zero attached hydrogens (tertiary/aromatic N) is 3. The lowest BCUT2D eigenvalue weighted by molar-refractivity contribution is -0.139. The Labute approximate surface area is 230 Å². The Kier molecular flexibility index (Phi) is 9.83. The number of thiazole rings is 1. The van der Waals surface area contributed by atoms with Crippen LogP contribution in [-0.2, 0) is 16.2 Å². The van der Waals surface area contributed by atoms with Crippen LogP contribution in [0.1, 0.15) is 23.4 Å². The zero-order valence-electron chi connectivity index (χ0n) is 21.7. The molecule has 1 aromatic heterocycles. The number of benzene rings is 2. The van der Waals surface area contributed by atoms with Gasteiger partial charge in [0, 0.05) is 45.3 Å². The molecule has 39 heavy (non-hydrogen) atoms. The second kappa shape index (κ2) is 12.9. The first-order valence-corrected chi connectivity index (χ1v) is 15.1. The minimum absolute atomic E-state index is 0.0652. The molecule has 3 aromatic rings. The van der Waals surface area contributed by atoms with Crippen LogP contribution in [0.5, 0.6) is 5.75 Å². The minimum atomic E-state index is -4.74. The highest BCUT2D eigenvalue weighted by Gasteiger charge is 2.36. The lowest BCUT2D eigenvalue weighted by Gasteiger charge is -2.35. The van der Waals surface area contributed by atoms with Gasteiger partial charge in [0.15, 0.2) is 0 Å². The van der Waals surface area contributed by atoms with E-state index >= 15 is 0 Å². The van der Waals surface area contributed by atoms with E-state index < -0.39 is 32.8 Å². The molecular weight excluding hydrogens is 553 g/mol. The van der Waals surface area contributed by atoms with Gasteiger partial charge in [0.25, 0.3) is 0 Å². The molecule has 1 saturated heterocycles. The third-order valence-electron chi connectivity index (χ3n) is 6.52. The van der Waals surface area contributed by atoms with Gasteiger partial charge in [-0.05, 0) is 50.6 Å². The fraction of sp³-hybridized carbons (Fsp3) is 0.500. The summed E-state index contributed by atoms with van der Waals surface area (Å²) in [6.45, 7) is 6.71. The number of aryl methyl sites for hydroxylation is 1. The lowest BCUT2D eigenvalue weighted by Crippen LogP contribution is -2.49. The van der Waals surface area contributed by atoms with E-state index in [1.807, 2.05) is 25.1 Å². The number of piperazine rings is 1. The van der Waals surface area contributed by atoms with Gasteiger partial charge in [-0.15, -0.1) is 11.3 Å². The number of sulfonamides is 1. The minimum Gasteiger partial charge on any atom is -0.491 e. The summed E-state index contributed by atoms with van der Waals surface area (Å²) in [6.07, 6.45) is -4.15. The van der Waals surface area contributed by atoms with Crippen LogP contribution < -0.4 is 9.46 Å². The number of halogens is 3. The summed E-state index contributed by atoms with van der Waals surface area (Å²) in [4.78, 5) is 8.16. The van der Waals surface area contributed by atoms with Crippen molar-refractivity contribution in [1.29, 1.82) is 0 Å². The van der Waals surface area contributed by atoms with Crippen molar-refractivity contribution in [1.82, 2.24) is 19.5 Å². The van der Waals surface area contributed by atoms with Crippen LogP contribution in [0.15, 0.2) is 47.4 Å². The molecule has 2 aromatic carbocycles. The Morgan fingerprint density at radius 1 is 1.10 bits per heavy atom. The standard InChI is InChI=1S/C26H33F3N4O4S2/c1-19-31-23-16-21(8-9-24(23)38-19)37-18-20(34)17-33-14-12-32(13-15-33)11-5-4-10-30-39(35,36)25-7-3-2-6-22(25)26(27,28)29/h2-3,6-9,16,20,30,34H,4-5,10-15,17-18H2,1H3/t20-/m1/s1. The van der Waals surface area contributed by atoms with Gasteiger partial charge in [-0.25, -0.2) is 18.1 Å². The van der Waals surface area contributed by atoms with Crippen molar-refractivity contribution >= 4 is 31.6 Å². The molecule has 0 bridgehead atoms. The number of β-amino-alcohol motifs (C(OH)–C–C–N with tert-alkyl or cyclic N) is 1. The molecule has 0 amide bonds. The van der Waals surface area contributed by atoms with E-state index in [0.717, 1.165) is 60.1 Å². The predicted molar refractivity (Wildman–Crippen MR) is 145 cm³/mol. The van der Waals surface area contributed by atoms with Crippen molar-refractivity contribution in [2.75, 3.05) is 52.4 Å². The highest BCUT2D eigenvalue weighted by Crippen LogP contribution is 2.33. The molecule has 1 fully saturated rings. The van der Waals surface area contributed by atoms with Crippen molar-refractivity contribution in [2.24, 2.45) is 0 Å². The maximum Gasteiger partial charge on any atom is 0.417 e. The molecule has 2 heterocycles. The molecule has 0 aliphatic carbocycles. The molecule has 214 valence electrons. The van der Waals surface area contributed by atoms with Crippen molar-refractivity contribution in [3.05, 3.63) is 53.0 Å². The highest BCUT2D eigenvalue weighted by atomic mass is 32.2. The average molecular weight is 587 g/mol. The Hall–Kier alpha value is -2.29. The van der Waals surface area contributed by atoms with Crippen molar-refractivity contribution in [3.8, 4) is 5.75 Å². The normalized spacial score (nSPS) is 16.5. The molecular formula is C26H33F3N4O4S2. The maximum absolute atomic E-state index is 13.2. The first-order valence-electron chi connectivity index (χ1n) is 12.8. The number of aromatic nitrogens is 1. The van der Waals surface area contributed by atoms with E-state index in [0.29, 0.717) is 25.1 Å². The van der Waals surface area contributed by atoms with Crippen LogP contribution in [-0.4, -0.2) is 86.8 Å². The zero-order chi connectivity index (χ0) is 28.0. The summed E-state index contributed by atoms with van der Waals surface area (Å²) in [5.41, 5.74) is -0.274. The lowest BCUT2D eigenvalue weighted by atomic mass is 10.2. The molecule has 2 N–H and O–H groups in total. The smallest absolute Gasteiger partial charge is 0.417 e. The van der Waals surface area contributed by atoms with E-state index in [1.165, 1.54) is 12.1 Å². The molecule has 1 aliphatic heterocycles. The monoisotopic (exact) mass is 586 g/mol. The van der Waals surface area contributed by atoms with Crippen LogP contribution in [0.4, 0.5) is 13.2 Å². The van der Waals surface area contributed by atoms with Gasteiger partial charge in [-0.3, -0.25) is 4.90 Å². The summed E-state index contributed by atoms with van der Waals surface area (Å²) in [7, 11) is -4.26. The molecule has 8 nitrogen and oxygen atoms in total. The number of aliphatic hydroxyl groups excluding tert-OH is 1. The molecule has 4 rings (SSSR count). The summed E-state index contributed by atoms with van der Waals surface area (Å²) in [5, 5.41) is 11.4. The van der Waals surface area contributed by atoms with Gasteiger partial charge in [-0.1, -0.05) is 12.1 Å². The van der Waals surface area contributed by atoms with Crippen LogP contribution in [0.3, 0.4) is 0 Å². The molecule has 0 spiro atoms. The topological polar surface area (TPSA) is 95.0 Å². The summed E-state index contributed by atoms with van der Waals surface area (Å²) >= 11 is 1.63. The largest absolute Gasteiger partial charge is 0.491 e. The highest BCUT2D eigenvalue weighted by molar-refractivity contribution is 7.89. The average Bonchev–Trinajstić information content (AvgIpc) is 3.27. The van der Waals surface area contributed by atoms with Crippen LogP contribution in [0.2, 0.25) is 0 Å². The number of rotatable bonds is 12. The van der Waals surface area contributed by atoms with E-state index in [4.69, 9.17) is 4.74 Å². The number of hydrogen-bond acceptors (Lipinski definition) is 8. The SMILES string of the molecule is Cc1nc2cc(OC[C@H](O)CN3CCN(CCCCNS(=O)(=O)c4ccccc4C(F)(F)F)CC3)ccc2s1. The van der Waals surface area contributed by atoms with E-state index in [-0.39, 0.29) is 13.2 Å². The van der Waals surface area contributed by atoms with Crippen molar-refractivity contribution in [3.63, 3.8) is 0 Å². The third-order valence-corrected chi connectivity index (χ3v) is 8.99. The van der Waals surface area contributed by atoms with Gasteiger partial charge in [0.05, 0.1) is 25.7 Å². The number of nitrogens with one attached hydrogen (secondary N) is 1. The number of unbranched alkanes of at least 4 members (excludes halogenated alkanes) is 1. The van der Waals surface area contributed by atoms with Crippen LogP contribution in [0.25, 0.3) is 10.2 Å². The predicted octanol–water partition coefficient (Wildman–Crippen LogP) is 3.74. The van der Waals surface area contributed by atoms with E-state index in [2.05, 4.69) is 19.5 Å². The first kappa shape index (κ1) is 29.7. The van der Waals surface area contributed by atoms with Gasteiger partial charge >= 0.3 is 6.18 Å². The number of ether oxygens (including phenoxy) is 1. The summed E-state index contributed by atoms with van der Waals surface area (Å²) < 4.78 is 73.5.